The molecular formula is C55H72BCl3N4. The third-order valence-electron chi connectivity index (χ3n) is 10.6. The summed E-state index contributed by atoms with van der Waals surface area (Å²) in [5.41, 5.74) is 18.4. The van der Waals surface area contributed by atoms with E-state index in [1.807, 2.05) is 77.2 Å². The number of alkyl halides is 2. The number of benzene rings is 3. The van der Waals surface area contributed by atoms with Crippen molar-refractivity contribution < 1.29 is 0 Å². The number of terminal acetylenes is 1. The monoisotopic (exact) mass is 904 g/mol. The minimum atomic E-state index is -0.0737. The number of anilines is 2. The standard InChI is InChI=1S/C37H36BClN2.C6H9Cl.C6H10.C2H7N.C2H2.CH3Cl.CH5N/c1-25(11-9-10-22-39)23-27-17-18-29(24-38-27)41-36-32(33-21-16-26(2)37(33,41)3)20-19-31-30-14-7-8-15-34(30)40(35(31)36)28-12-5-4-6-13-28;1-3-4-5-6(2)7;1-3-5-6-4-2;1-2-3;3*1-2/h4-10,12-21,24-26,33H,11,22-23H2,1-3H3;3-5H,1-2H3;3-6H,1-2H3;2-3H2,1H3;1-2H;1H3;2H2,1H3/b10-9-;4-3-,6-5+;5-3-,6-4-;;;;. The van der Waals surface area contributed by atoms with Crippen molar-refractivity contribution in [3.05, 3.63) is 168 Å². The van der Waals surface area contributed by atoms with Crippen LogP contribution in [-0.4, -0.2) is 42.9 Å². The van der Waals surface area contributed by atoms with Crippen molar-refractivity contribution >= 4 is 74.9 Å². The third kappa shape index (κ3) is 15.0. The maximum Gasteiger partial charge on any atom is 0.0108 e. The number of halogens is 3. The van der Waals surface area contributed by atoms with Crippen LogP contribution in [0.1, 0.15) is 78.8 Å². The van der Waals surface area contributed by atoms with Gasteiger partial charge in [0.25, 0.3) is 0 Å². The maximum absolute atomic E-state index is 5.83. The first kappa shape index (κ1) is 56.5. The zero-order valence-corrected chi connectivity index (χ0v) is 41.7. The summed E-state index contributed by atoms with van der Waals surface area (Å²) >= 11 is 15.9. The van der Waals surface area contributed by atoms with Crippen LogP contribution >= 0.6 is 34.8 Å². The Hall–Kier alpha value is -4.54. The molecule has 2 aliphatic rings. The van der Waals surface area contributed by atoms with E-state index in [1.54, 1.807) is 0 Å². The van der Waals surface area contributed by atoms with Crippen molar-refractivity contribution in [2.24, 2.45) is 23.3 Å². The van der Waals surface area contributed by atoms with E-state index in [4.69, 9.17) is 28.9 Å². The molecule has 0 amide bonds. The van der Waals surface area contributed by atoms with Gasteiger partial charge in [-0.25, -0.2) is 0 Å². The fourth-order valence-electron chi connectivity index (χ4n) is 7.86. The fraction of sp³-hybridized carbons (Fsp3) is 0.327. The van der Waals surface area contributed by atoms with Gasteiger partial charge in [0.2, 0.25) is 0 Å². The Kier molecular flexibility index (Phi) is 28.1. The van der Waals surface area contributed by atoms with Crippen LogP contribution in [0.25, 0.3) is 27.5 Å². The number of nitrogens with two attached hydrogens (primary N) is 2. The summed E-state index contributed by atoms with van der Waals surface area (Å²) in [5, 5.41) is 3.43. The van der Waals surface area contributed by atoms with Gasteiger partial charge in [0.05, 0.1) is 0 Å². The predicted molar refractivity (Wildman–Crippen MR) is 288 cm³/mol. The van der Waals surface area contributed by atoms with Gasteiger partial charge >= 0.3 is 250 Å². The zero-order valence-electron chi connectivity index (χ0n) is 39.4. The molecule has 1 aliphatic carbocycles. The van der Waals surface area contributed by atoms with Crippen LogP contribution in [-0.2, 0) is 6.42 Å². The van der Waals surface area contributed by atoms with Crippen LogP contribution in [0.2, 0.25) is 0 Å². The summed E-state index contributed by atoms with van der Waals surface area (Å²) in [7, 11) is 1.50. The molecule has 3 heterocycles. The second-order valence-electron chi connectivity index (χ2n) is 14.9. The van der Waals surface area contributed by atoms with Crippen LogP contribution in [0, 0.1) is 24.7 Å². The largest absolute Gasteiger partial charge is 0.333 e. The molecule has 1 aliphatic heterocycles. The number of rotatable bonds is 9. The Bertz CT molecular complexity index is 2240. The molecule has 7 rings (SSSR count). The Morgan fingerprint density at radius 3 is 1.98 bits per heavy atom. The van der Waals surface area contributed by atoms with Crippen molar-refractivity contribution in [2.75, 3.05) is 30.8 Å². The number of fused-ring (bicyclic) bond motifs is 7. The number of nitrogens with zero attached hydrogens (tertiary/aromatic N) is 2. The molecule has 4 N–H and O–H groups in total. The second-order valence-corrected chi connectivity index (χ2v) is 15.8. The summed E-state index contributed by atoms with van der Waals surface area (Å²) in [6.45, 7) is 20.0. The Morgan fingerprint density at radius 2 is 1.44 bits per heavy atom. The minimum absolute atomic E-state index is 0.0737. The van der Waals surface area contributed by atoms with Gasteiger partial charge in [-0.1, -0.05) is 55.0 Å². The number of hydrogen-bond donors (Lipinski definition) is 2. The molecule has 3 aromatic carbocycles. The SMILES string of the molecule is C#C.C/C=C\C=C(/C)Cl.C/C=C\C=C/C.CC(C/C=C\CCl)Cc1bcc(N2c3c(ccc4c5ccccc5n(-c5ccccc5)c34)C3C=CC(C)C32C)cc1.CCN.CCl.CN. The smallest absolute Gasteiger partial charge is 0.0108 e. The van der Waals surface area contributed by atoms with Crippen LogP contribution in [0.3, 0.4) is 0 Å². The number of hydrogen-bond acceptors (Lipinski definition) is 3. The Balaban J connectivity index is 0.000000760. The first-order chi connectivity index (χ1) is 30.6. The van der Waals surface area contributed by atoms with Gasteiger partial charge < -0.3 is 11.5 Å². The average Bonchev–Trinajstić information content (AvgIpc) is 3.91. The zero-order chi connectivity index (χ0) is 47.4. The van der Waals surface area contributed by atoms with E-state index in [0.29, 0.717) is 23.6 Å². The molecular weight excluding hydrogens is 834 g/mol. The maximum atomic E-state index is 5.83. The molecule has 336 valence electrons. The molecule has 0 radical (unpaired) electrons. The fourth-order valence-corrected chi connectivity index (χ4v) is 8.06. The Morgan fingerprint density at radius 1 is 0.841 bits per heavy atom. The van der Waals surface area contributed by atoms with Crippen molar-refractivity contribution in [1.82, 2.24) is 4.57 Å². The van der Waals surface area contributed by atoms with E-state index in [-0.39, 0.29) is 5.54 Å². The van der Waals surface area contributed by atoms with Crippen molar-refractivity contribution in [2.45, 2.75) is 79.7 Å². The molecule has 2 aromatic heterocycles. The second kappa shape index (κ2) is 31.3. The predicted octanol–water partition coefficient (Wildman–Crippen LogP) is 15.2. The number of aromatic nitrogens is 1. The van der Waals surface area contributed by atoms with E-state index in [9.17, 15) is 0 Å². The first-order valence-corrected chi connectivity index (χ1v) is 23.4. The number of allylic oxidation sites excluding steroid dienone is 10. The van der Waals surface area contributed by atoms with Gasteiger partial charge in [-0.05, 0) is 47.4 Å². The van der Waals surface area contributed by atoms with Crippen LogP contribution in [0.4, 0.5) is 11.4 Å². The molecule has 4 atom stereocenters. The average molecular weight is 906 g/mol. The molecule has 4 unspecified atom stereocenters. The molecule has 0 fully saturated rings. The van der Waals surface area contributed by atoms with Crippen LogP contribution in [0.15, 0.2) is 157 Å². The van der Waals surface area contributed by atoms with Crippen molar-refractivity contribution in [1.29, 1.82) is 0 Å². The van der Waals surface area contributed by atoms with Gasteiger partial charge in [0, 0.05) is 11.4 Å². The molecule has 63 heavy (non-hydrogen) atoms. The normalized spacial score (nSPS) is 17.5. The molecule has 5 aromatic rings. The molecule has 8 heteroatoms. The molecule has 0 saturated carbocycles. The van der Waals surface area contributed by atoms with Gasteiger partial charge in [0.1, 0.15) is 0 Å². The van der Waals surface area contributed by atoms with E-state index >= 15 is 0 Å². The molecule has 0 bridgehead atoms. The van der Waals surface area contributed by atoms with E-state index in [0.717, 1.165) is 24.4 Å². The first-order valence-electron chi connectivity index (χ1n) is 21.7. The van der Waals surface area contributed by atoms with Crippen LogP contribution in [0.5, 0.6) is 0 Å². The molecule has 4 nitrogen and oxygen atoms in total. The summed E-state index contributed by atoms with van der Waals surface area (Å²) in [6.07, 6.45) is 34.4. The summed E-state index contributed by atoms with van der Waals surface area (Å²) in [6, 6.07) is 29.1. The summed E-state index contributed by atoms with van der Waals surface area (Å²) < 4.78 is 2.49. The van der Waals surface area contributed by atoms with Crippen LogP contribution < -0.4 is 16.4 Å². The summed E-state index contributed by atoms with van der Waals surface area (Å²) in [5.74, 6) is 4.27. The molecule has 0 spiro atoms. The topological polar surface area (TPSA) is 60.2 Å². The number of para-hydroxylation sites is 2. The van der Waals surface area contributed by atoms with E-state index < -0.39 is 0 Å². The quantitative estimate of drug-likeness (QED) is 0.0670. The molecule has 0 saturated heterocycles. The Labute approximate surface area is 397 Å². The summed E-state index contributed by atoms with van der Waals surface area (Å²) in [4.78, 5) is 2.68. The van der Waals surface area contributed by atoms with Gasteiger partial charge in [0.15, 0.2) is 0 Å². The third-order valence-corrected chi connectivity index (χ3v) is 10.9. The minimum Gasteiger partial charge on any atom is -0.333 e. The van der Waals surface area contributed by atoms with Gasteiger partial charge in [-0.15, -0.1) is 24.4 Å². The van der Waals surface area contributed by atoms with Gasteiger partial charge in [-0.2, -0.15) is 0 Å². The van der Waals surface area contributed by atoms with E-state index in [1.165, 1.54) is 63.3 Å². The van der Waals surface area contributed by atoms with Crippen molar-refractivity contribution in [3.8, 4) is 18.5 Å². The van der Waals surface area contributed by atoms with E-state index in [2.05, 4.69) is 176 Å². The van der Waals surface area contributed by atoms with Crippen molar-refractivity contribution in [3.63, 3.8) is 0 Å². The van der Waals surface area contributed by atoms with Gasteiger partial charge in [-0.3, -0.25) is 0 Å².